The highest BCUT2D eigenvalue weighted by Crippen LogP contribution is 2.42. The number of unbranched alkanes of at least 4 members (excludes halogenated alkanes) is 2. The minimum absolute atomic E-state index is 0.502. The van der Waals surface area contributed by atoms with Gasteiger partial charge in [0.2, 0.25) is 0 Å². The number of hydrogen-bond donors (Lipinski definition) is 1. The highest BCUT2D eigenvalue weighted by atomic mass is 16.3. The van der Waals surface area contributed by atoms with Crippen molar-refractivity contribution in [2.75, 3.05) is 0 Å². The summed E-state index contributed by atoms with van der Waals surface area (Å²) in [6.45, 7) is 1.01. The summed E-state index contributed by atoms with van der Waals surface area (Å²) in [7, 11) is 0. The lowest BCUT2D eigenvalue weighted by molar-refractivity contribution is -0.0998. The second kappa shape index (κ2) is 7.47. The molecule has 2 aliphatic heterocycles. The zero-order chi connectivity index (χ0) is 16.1. The van der Waals surface area contributed by atoms with E-state index in [0.717, 1.165) is 38.6 Å². The molecule has 3 nitrogen and oxygen atoms in total. The van der Waals surface area contributed by atoms with Gasteiger partial charge in [0.25, 0.3) is 0 Å². The maximum Gasteiger partial charge on any atom is 0.0677 e. The Hall–Kier alpha value is -1.37. The standard InChI is InChI=1S/C20H28N2O/c21-13-6-2-5-12-20(23)14-18-10-7-11-19(15-20)22(18)16-17-8-3-1-4-9-17/h1,3-4,8-9,18-19,23H,2,5-7,10-12,14-16H2. The van der Waals surface area contributed by atoms with Gasteiger partial charge in [0.05, 0.1) is 11.7 Å². The minimum Gasteiger partial charge on any atom is -0.390 e. The van der Waals surface area contributed by atoms with Gasteiger partial charge in [0.15, 0.2) is 0 Å². The number of nitrogens with zero attached hydrogens (tertiary/aromatic N) is 2. The summed E-state index contributed by atoms with van der Waals surface area (Å²) in [5, 5.41) is 19.7. The van der Waals surface area contributed by atoms with Gasteiger partial charge in [-0.3, -0.25) is 4.90 Å². The van der Waals surface area contributed by atoms with Crippen molar-refractivity contribution < 1.29 is 5.11 Å². The van der Waals surface area contributed by atoms with Crippen LogP contribution in [0.3, 0.4) is 0 Å². The molecule has 3 heteroatoms. The number of piperidine rings is 2. The fourth-order valence-electron chi connectivity index (χ4n) is 4.53. The van der Waals surface area contributed by atoms with Crippen LogP contribution in [0.25, 0.3) is 0 Å². The third-order valence-electron chi connectivity index (χ3n) is 5.63. The van der Waals surface area contributed by atoms with Crippen molar-refractivity contribution in [2.45, 2.75) is 82.0 Å². The van der Waals surface area contributed by atoms with Gasteiger partial charge in [0.1, 0.15) is 0 Å². The molecule has 1 N–H and O–H groups in total. The van der Waals surface area contributed by atoms with E-state index in [1.807, 2.05) is 0 Å². The molecule has 0 saturated carbocycles. The van der Waals surface area contributed by atoms with Crippen LogP contribution < -0.4 is 0 Å². The molecule has 2 heterocycles. The van der Waals surface area contributed by atoms with E-state index in [2.05, 4.69) is 41.3 Å². The maximum atomic E-state index is 11.1. The number of rotatable bonds is 6. The van der Waals surface area contributed by atoms with Gasteiger partial charge in [-0.1, -0.05) is 36.8 Å². The molecule has 2 bridgehead atoms. The molecule has 2 unspecified atom stereocenters. The molecule has 1 aromatic rings. The van der Waals surface area contributed by atoms with Crippen molar-refractivity contribution >= 4 is 0 Å². The zero-order valence-corrected chi connectivity index (χ0v) is 14.0. The first-order chi connectivity index (χ1) is 11.2. The van der Waals surface area contributed by atoms with Crippen molar-refractivity contribution in [3.05, 3.63) is 35.9 Å². The third-order valence-corrected chi connectivity index (χ3v) is 5.63. The molecule has 0 spiro atoms. The Morgan fingerprint density at radius 3 is 2.48 bits per heavy atom. The Bertz CT molecular complexity index is 522. The van der Waals surface area contributed by atoms with E-state index in [1.54, 1.807) is 0 Å². The van der Waals surface area contributed by atoms with Crippen LogP contribution in [0.5, 0.6) is 0 Å². The van der Waals surface area contributed by atoms with E-state index >= 15 is 0 Å². The van der Waals surface area contributed by atoms with E-state index in [-0.39, 0.29) is 0 Å². The van der Waals surface area contributed by atoms with Gasteiger partial charge in [-0.05, 0) is 50.5 Å². The summed E-state index contributed by atoms with van der Waals surface area (Å²) in [5.74, 6) is 0. The summed E-state index contributed by atoms with van der Waals surface area (Å²) < 4.78 is 0. The molecular weight excluding hydrogens is 284 g/mol. The Morgan fingerprint density at radius 1 is 1.13 bits per heavy atom. The van der Waals surface area contributed by atoms with Gasteiger partial charge >= 0.3 is 0 Å². The molecule has 23 heavy (non-hydrogen) atoms. The van der Waals surface area contributed by atoms with Gasteiger partial charge in [0, 0.05) is 25.0 Å². The van der Waals surface area contributed by atoms with Crippen LogP contribution >= 0.6 is 0 Å². The van der Waals surface area contributed by atoms with Gasteiger partial charge in [-0.2, -0.15) is 5.26 Å². The Balaban J connectivity index is 1.62. The van der Waals surface area contributed by atoms with E-state index < -0.39 is 5.60 Å². The van der Waals surface area contributed by atoms with Crippen LogP contribution in [0, 0.1) is 11.3 Å². The van der Waals surface area contributed by atoms with Crippen molar-refractivity contribution in [2.24, 2.45) is 0 Å². The van der Waals surface area contributed by atoms with Crippen molar-refractivity contribution in [3.63, 3.8) is 0 Å². The lowest BCUT2D eigenvalue weighted by atomic mass is 9.73. The molecule has 2 saturated heterocycles. The smallest absolute Gasteiger partial charge is 0.0677 e. The van der Waals surface area contributed by atoms with E-state index in [1.165, 1.54) is 24.8 Å². The number of hydrogen-bond acceptors (Lipinski definition) is 3. The lowest BCUT2D eigenvalue weighted by Crippen LogP contribution is -2.57. The molecule has 0 amide bonds. The summed E-state index contributed by atoms with van der Waals surface area (Å²) in [4.78, 5) is 2.64. The predicted molar refractivity (Wildman–Crippen MR) is 91.7 cm³/mol. The molecule has 0 radical (unpaired) electrons. The Kier molecular flexibility index (Phi) is 5.35. The molecule has 1 aromatic carbocycles. The van der Waals surface area contributed by atoms with Crippen LogP contribution in [0.1, 0.15) is 63.4 Å². The first-order valence-corrected chi connectivity index (χ1v) is 9.09. The zero-order valence-electron chi connectivity index (χ0n) is 14.0. The molecule has 2 aliphatic rings. The SMILES string of the molecule is N#CCCCCC1(O)CC2CCCC(C1)N2Cc1ccccc1. The highest BCUT2D eigenvalue weighted by Gasteiger charge is 2.44. The first-order valence-electron chi connectivity index (χ1n) is 9.09. The lowest BCUT2D eigenvalue weighted by Gasteiger charge is -2.52. The minimum atomic E-state index is -0.502. The van der Waals surface area contributed by atoms with Crippen LogP contribution in [-0.4, -0.2) is 27.7 Å². The van der Waals surface area contributed by atoms with Crippen LogP contribution in [-0.2, 0) is 6.54 Å². The van der Waals surface area contributed by atoms with Crippen molar-refractivity contribution in [1.29, 1.82) is 5.26 Å². The molecule has 124 valence electrons. The predicted octanol–water partition coefficient (Wildman–Crippen LogP) is 4.02. The second-order valence-electron chi connectivity index (χ2n) is 7.39. The molecule has 0 aromatic heterocycles. The van der Waals surface area contributed by atoms with Crippen LogP contribution in [0.15, 0.2) is 30.3 Å². The van der Waals surface area contributed by atoms with E-state index in [9.17, 15) is 5.11 Å². The van der Waals surface area contributed by atoms with Crippen LogP contribution in [0.4, 0.5) is 0 Å². The summed E-state index contributed by atoms with van der Waals surface area (Å²) in [5.41, 5.74) is 0.877. The first kappa shape index (κ1) is 16.5. The molecule has 2 atom stereocenters. The molecule has 2 fully saturated rings. The second-order valence-corrected chi connectivity index (χ2v) is 7.39. The van der Waals surface area contributed by atoms with Crippen molar-refractivity contribution in [1.82, 2.24) is 4.90 Å². The topological polar surface area (TPSA) is 47.3 Å². The highest BCUT2D eigenvalue weighted by molar-refractivity contribution is 5.15. The molecule has 3 rings (SSSR count). The van der Waals surface area contributed by atoms with Crippen LogP contribution in [0.2, 0.25) is 0 Å². The van der Waals surface area contributed by atoms with E-state index in [4.69, 9.17) is 5.26 Å². The van der Waals surface area contributed by atoms with Gasteiger partial charge < -0.3 is 5.11 Å². The fraction of sp³-hybridized carbons (Fsp3) is 0.650. The third kappa shape index (κ3) is 4.13. The summed E-state index contributed by atoms with van der Waals surface area (Å²) in [6, 6.07) is 13.9. The monoisotopic (exact) mass is 312 g/mol. The quantitative estimate of drug-likeness (QED) is 0.807. The fourth-order valence-corrected chi connectivity index (χ4v) is 4.53. The average Bonchev–Trinajstić information content (AvgIpc) is 2.54. The number of nitriles is 1. The Labute approximate surface area is 139 Å². The molecular formula is C20H28N2O. The largest absolute Gasteiger partial charge is 0.390 e. The van der Waals surface area contributed by atoms with Crippen molar-refractivity contribution in [3.8, 4) is 6.07 Å². The Morgan fingerprint density at radius 2 is 1.83 bits per heavy atom. The number of aliphatic hydroxyl groups is 1. The average molecular weight is 312 g/mol. The number of benzene rings is 1. The normalized spacial score (nSPS) is 30.8. The van der Waals surface area contributed by atoms with Gasteiger partial charge in [-0.25, -0.2) is 0 Å². The van der Waals surface area contributed by atoms with Gasteiger partial charge in [-0.15, -0.1) is 0 Å². The summed E-state index contributed by atoms with van der Waals surface area (Å²) in [6.07, 6.45) is 8.90. The van der Waals surface area contributed by atoms with E-state index in [0.29, 0.717) is 18.5 Å². The summed E-state index contributed by atoms with van der Waals surface area (Å²) >= 11 is 0. The number of fused-ring (bicyclic) bond motifs is 2. The molecule has 0 aliphatic carbocycles. The maximum absolute atomic E-state index is 11.1.